The average Bonchev–Trinajstić information content (AvgIpc) is 2.62. The van der Waals surface area contributed by atoms with Gasteiger partial charge in [-0.05, 0) is 30.7 Å². The summed E-state index contributed by atoms with van der Waals surface area (Å²) in [5.74, 6) is 0.0582. The van der Waals surface area contributed by atoms with Crippen LogP contribution in [-0.2, 0) is 6.61 Å². The Balaban J connectivity index is 1.70. The Bertz CT molecular complexity index is 1000. The fourth-order valence-corrected chi connectivity index (χ4v) is 2.45. The molecule has 0 fully saturated rings. The Labute approximate surface area is 154 Å². The van der Waals surface area contributed by atoms with Gasteiger partial charge >= 0.3 is 0 Å². The summed E-state index contributed by atoms with van der Waals surface area (Å²) in [6.45, 7) is 2.05. The molecule has 7 heteroatoms. The van der Waals surface area contributed by atoms with Crippen molar-refractivity contribution in [2.45, 2.75) is 13.5 Å². The lowest BCUT2D eigenvalue weighted by Crippen LogP contribution is -2.18. The molecule has 0 aliphatic carbocycles. The lowest BCUT2D eigenvalue weighted by Gasteiger charge is -2.08. The van der Waals surface area contributed by atoms with Crippen LogP contribution in [0.3, 0.4) is 0 Å². The van der Waals surface area contributed by atoms with E-state index < -0.39 is 11.3 Å². The van der Waals surface area contributed by atoms with Crippen LogP contribution in [0.4, 0.5) is 5.82 Å². The van der Waals surface area contributed by atoms with Gasteiger partial charge in [0, 0.05) is 29.0 Å². The number of ether oxygens (including phenoxy) is 1. The summed E-state index contributed by atoms with van der Waals surface area (Å²) in [4.78, 5) is 31.2. The van der Waals surface area contributed by atoms with E-state index in [1.54, 1.807) is 18.3 Å². The van der Waals surface area contributed by atoms with E-state index in [1.807, 2.05) is 31.2 Å². The zero-order valence-electron chi connectivity index (χ0n) is 14.0. The van der Waals surface area contributed by atoms with Gasteiger partial charge in [0.2, 0.25) is 5.43 Å². The molecule has 1 aromatic carbocycles. The molecule has 0 spiro atoms. The van der Waals surface area contributed by atoms with Gasteiger partial charge in [0.1, 0.15) is 18.1 Å². The van der Waals surface area contributed by atoms with Crippen molar-refractivity contribution in [3.8, 4) is 5.75 Å². The Morgan fingerprint density at radius 3 is 2.81 bits per heavy atom. The largest absolute Gasteiger partial charge is 0.483 e. The second kappa shape index (κ2) is 7.84. The van der Waals surface area contributed by atoms with Crippen molar-refractivity contribution in [3.63, 3.8) is 0 Å². The number of pyridine rings is 2. The van der Waals surface area contributed by atoms with E-state index in [0.29, 0.717) is 10.8 Å². The fourth-order valence-electron chi connectivity index (χ4n) is 2.26. The van der Waals surface area contributed by atoms with E-state index in [2.05, 4.69) is 15.3 Å². The first-order valence-corrected chi connectivity index (χ1v) is 8.23. The number of benzene rings is 1. The number of hydrogen-bond acceptors (Lipinski definition) is 4. The predicted octanol–water partition coefficient (Wildman–Crippen LogP) is 3.56. The molecule has 0 bridgehead atoms. The lowest BCUT2D eigenvalue weighted by molar-refractivity contribution is 0.102. The van der Waals surface area contributed by atoms with Gasteiger partial charge in [-0.1, -0.05) is 29.8 Å². The number of nitrogens with one attached hydrogen (secondary N) is 2. The van der Waals surface area contributed by atoms with Crippen molar-refractivity contribution in [2.75, 3.05) is 5.32 Å². The van der Waals surface area contributed by atoms with E-state index in [0.717, 1.165) is 11.1 Å². The third-order valence-corrected chi connectivity index (χ3v) is 3.99. The molecule has 0 aliphatic heterocycles. The zero-order valence-corrected chi connectivity index (χ0v) is 14.7. The number of hydrogen-bond donors (Lipinski definition) is 2. The van der Waals surface area contributed by atoms with Crippen LogP contribution >= 0.6 is 11.6 Å². The molecule has 1 amide bonds. The molecule has 0 saturated carbocycles. The summed E-state index contributed by atoms with van der Waals surface area (Å²) in [5, 5.41) is 3.19. The molecule has 6 nitrogen and oxygen atoms in total. The van der Waals surface area contributed by atoms with Gasteiger partial charge in [0.05, 0.1) is 0 Å². The molecule has 3 aromatic rings. The molecular formula is C19H16ClN3O3. The quantitative estimate of drug-likeness (QED) is 0.720. The smallest absolute Gasteiger partial charge is 0.273 e. The zero-order chi connectivity index (χ0) is 18.5. The van der Waals surface area contributed by atoms with Gasteiger partial charge in [-0.3, -0.25) is 9.59 Å². The minimum atomic E-state index is -0.460. The van der Waals surface area contributed by atoms with Crippen LogP contribution in [-0.4, -0.2) is 15.9 Å². The first-order chi connectivity index (χ1) is 12.5. The fraction of sp³-hybridized carbons (Fsp3) is 0.105. The van der Waals surface area contributed by atoms with Gasteiger partial charge < -0.3 is 15.0 Å². The maximum absolute atomic E-state index is 12.2. The van der Waals surface area contributed by atoms with Crippen LogP contribution in [0.25, 0.3) is 0 Å². The van der Waals surface area contributed by atoms with Crippen LogP contribution in [0.5, 0.6) is 5.75 Å². The number of H-pyrrole nitrogens is 1. The van der Waals surface area contributed by atoms with Crippen LogP contribution in [0.2, 0.25) is 5.02 Å². The molecule has 2 aromatic heterocycles. The first-order valence-electron chi connectivity index (χ1n) is 7.86. The summed E-state index contributed by atoms with van der Waals surface area (Å²) in [7, 11) is 0. The highest BCUT2D eigenvalue weighted by atomic mass is 35.5. The van der Waals surface area contributed by atoms with E-state index in [-0.39, 0.29) is 18.1 Å². The third-order valence-electron chi connectivity index (χ3n) is 3.62. The summed E-state index contributed by atoms with van der Waals surface area (Å²) in [6, 6.07) is 12.0. The number of aromatic nitrogens is 2. The Morgan fingerprint density at radius 1 is 1.27 bits per heavy atom. The Hall–Kier alpha value is -3.12. The first kappa shape index (κ1) is 17.7. The number of nitrogens with zero attached hydrogens (tertiary/aromatic N) is 1. The number of amides is 1. The second-order valence-electron chi connectivity index (χ2n) is 5.63. The van der Waals surface area contributed by atoms with E-state index in [4.69, 9.17) is 16.3 Å². The number of aromatic amines is 1. The summed E-state index contributed by atoms with van der Waals surface area (Å²) >= 11 is 6.06. The number of rotatable bonds is 5. The molecule has 0 atom stereocenters. The van der Waals surface area contributed by atoms with Crippen molar-refractivity contribution in [1.82, 2.24) is 9.97 Å². The minimum Gasteiger partial charge on any atom is -0.483 e. The molecule has 3 rings (SSSR count). The van der Waals surface area contributed by atoms with Crippen molar-refractivity contribution >= 4 is 23.3 Å². The Kier molecular flexibility index (Phi) is 5.34. The molecular weight excluding hydrogens is 354 g/mol. The van der Waals surface area contributed by atoms with Crippen molar-refractivity contribution in [1.29, 1.82) is 0 Å². The van der Waals surface area contributed by atoms with Crippen LogP contribution in [0.1, 0.15) is 21.6 Å². The van der Waals surface area contributed by atoms with Gasteiger partial charge in [-0.15, -0.1) is 0 Å². The monoisotopic (exact) mass is 369 g/mol. The maximum Gasteiger partial charge on any atom is 0.273 e. The maximum atomic E-state index is 12.2. The highest BCUT2D eigenvalue weighted by Gasteiger charge is 2.11. The molecule has 132 valence electrons. The SMILES string of the molecule is Cc1ccnc(NC(=O)c2cc(=O)c(OCc3ccccc3Cl)c[nH]2)c1. The van der Waals surface area contributed by atoms with Crippen molar-refractivity contribution in [2.24, 2.45) is 0 Å². The number of carbonyl (C=O) groups is 1. The van der Waals surface area contributed by atoms with Crippen LogP contribution < -0.4 is 15.5 Å². The molecule has 0 unspecified atom stereocenters. The second-order valence-corrected chi connectivity index (χ2v) is 6.04. The van der Waals surface area contributed by atoms with E-state index in [1.165, 1.54) is 12.3 Å². The number of anilines is 1. The molecule has 2 heterocycles. The molecule has 0 saturated heterocycles. The van der Waals surface area contributed by atoms with Gasteiger partial charge in [0.15, 0.2) is 5.75 Å². The van der Waals surface area contributed by atoms with Crippen LogP contribution in [0.15, 0.2) is 59.7 Å². The summed E-state index contributed by atoms with van der Waals surface area (Å²) in [5.41, 5.74) is 1.44. The van der Waals surface area contributed by atoms with Crippen molar-refractivity contribution in [3.05, 3.63) is 86.9 Å². The van der Waals surface area contributed by atoms with Crippen LogP contribution in [0, 0.1) is 6.92 Å². The Morgan fingerprint density at radius 2 is 2.08 bits per heavy atom. The van der Waals surface area contributed by atoms with Gasteiger partial charge in [-0.25, -0.2) is 4.98 Å². The normalized spacial score (nSPS) is 10.4. The highest BCUT2D eigenvalue weighted by Crippen LogP contribution is 2.16. The van der Waals surface area contributed by atoms with Gasteiger partial charge in [-0.2, -0.15) is 0 Å². The van der Waals surface area contributed by atoms with Gasteiger partial charge in [0.25, 0.3) is 5.91 Å². The molecule has 26 heavy (non-hydrogen) atoms. The standard InChI is InChI=1S/C19H16ClN3O3/c1-12-6-7-21-18(8-12)23-19(25)15-9-16(24)17(10-22-15)26-11-13-4-2-3-5-14(13)20/h2-10H,11H2,1H3,(H,22,24)(H,21,23,25). The highest BCUT2D eigenvalue weighted by molar-refractivity contribution is 6.31. The van der Waals surface area contributed by atoms with E-state index in [9.17, 15) is 9.59 Å². The third kappa shape index (κ3) is 4.29. The lowest BCUT2D eigenvalue weighted by atomic mass is 10.2. The molecule has 2 N–H and O–H groups in total. The molecule has 0 aliphatic rings. The van der Waals surface area contributed by atoms with Crippen molar-refractivity contribution < 1.29 is 9.53 Å². The number of halogens is 1. The average molecular weight is 370 g/mol. The predicted molar refractivity (Wildman–Crippen MR) is 99.8 cm³/mol. The van der Waals surface area contributed by atoms with E-state index >= 15 is 0 Å². The topological polar surface area (TPSA) is 84.1 Å². The minimum absolute atomic E-state index is 0.107. The number of aryl methyl sites for hydroxylation is 1. The summed E-state index contributed by atoms with van der Waals surface area (Å²) < 4.78 is 5.50. The molecule has 0 radical (unpaired) electrons. The number of carbonyl (C=O) groups excluding carboxylic acids is 1. The summed E-state index contributed by atoms with van der Waals surface area (Å²) in [6.07, 6.45) is 2.96.